The molecule has 0 N–H and O–H groups in total. The summed E-state index contributed by atoms with van der Waals surface area (Å²) in [4.78, 5) is 5.60. The Balaban J connectivity index is 1.68. The predicted octanol–water partition coefficient (Wildman–Crippen LogP) is 5.92. The predicted molar refractivity (Wildman–Crippen MR) is 110 cm³/mol. The highest BCUT2D eigenvalue weighted by Gasteiger charge is 2.34. The number of fused-ring (bicyclic) bond motifs is 4. The van der Waals surface area contributed by atoms with Crippen molar-refractivity contribution in [1.29, 1.82) is 0 Å². The van der Waals surface area contributed by atoms with Crippen molar-refractivity contribution < 1.29 is 4.58 Å². The summed E-state index contributed by atoms with van der Waals surface area (Å²) < 4.78 is 5.69. The van der Waals surface area contributed by atoms with Gasteiger partial charge in [0.2, 0.25) is 5.69 Å². The number of pyridine rings is 1. The third-order valence-corrected chi connectivity index (χ3v) is 5.94. The van der Waals surface area contributed by atoms with Gasteiger partial charge in [-0.2, -0.15) is 0 Å². The van der Waals surface area contributed by atoms with Gasteiger partial charge in [-0.15, -0.1) is 11.3 Å². The smallest absolute Gasteiger partial charge is 0.245 e. The van der Waals surface area contributed by atoms with Crippen LogP contribution in [-0.2, 0) is 0 Å². The Bertz CT molecular complexity index is 1210. The normalized spacial score (nSPS) is 13.1. The molecule has 1 aliphatic rings. The highest BCUT2D eigenvalue weighted by atomic mass is 32.1. The fraction of sp³-hybridized carbons (Fsp3) is 0.182. The molecule has 3 heterocycles. The summed E-state index contributed by atoms with van der Waals surface area (Å²) in [6.45, 7) is 3.22. The van der Waals surface area contributed by atoms with Gasteiger partial charge >= 0.3 is 6.01 Å². The van der Waals surface area contributed by atoms with Gasteiger partial charge in [-0.1, -0.05) is 30.1 Å². The van der Waals surface area contributed by atoms with Gasteiger partial charge in [-0.3, -0.25) is 0 Å². The average Bonchev–Trinajstić information content (AvgIpc) is 3.24. The molecule has 0 unspecified atom stereocenters. The standard InChI is InChI=1S/C22H19N3S/c1-2-3-13-24-15-25(20-9-5-4-8-19(20)24)16-10-11-17-18-7-6-12-23-22(18)26-21(17)14-16/h4-12,14H,2-3,13H2,1H3/q+2. The number of unbranched alkanes of at least 4 members (excludes halogenated alkanes) is 1. The van der Waals surface area contributed by atoms with Gasteiger partial charge in [0.1, 0.15) is 4.83 Å². The van der Waals surface area contributed by atoms with E-state index in [1.165, 1.54) is 33.3 Å². The third-order valence-electron chi connectivity index (χ3n) is 4.86. The van der Waals surface area contributed by atoms with E-state index in [1.807, 2.05) is 12.3 Å². The van der Waals surface area contributed by atoms with Gasteiger partial charge in [0, 0.05) is 52.4 Å². The molecule has 4 heteroatoms. The van der Waals surface area contributed by atoms with Crippen LogP contribution in [0.1, 0.15) is 19.8 Å². The minimum atomic E-state index is 0.999. The van der Waals surface area contributed by atoms with Crippen LogP contribution in [0.4, 0.5) is 17.1 Å². The van der Waals surface area contributed by atoms with Gasteiger partial charge in [-0.25, -0.2) is 4.98 Å². The first-order valence-electron chi connectivity index (χ1n) is 9.05. The van der Waals surface area contributed by atoms with E-state index >= 15 is 0 Å². The Morgan fingerprint density at radius 3 is 2.77 bits per heavy atom. The van der Waals surface area contributed by atoms with E-state index in [2.05, 4.69) is 75.6 Å². The molecular weight excluding hydrogens is 338 g/mol. The highest BCUT2D eigenvalue weighted by Crippen LogP contribution is 2.37. The van der Waals surface area contributed by atoms with Crippen LogP contribution < -0.4 is 4.58 Å². The summed E-state index contributed by atoms with van der Waals surface area (Å²) >= 11 is 1.75. The van der Waals surface area contributed by atoms with Gasteiger partial charge in [0.25, 0.3) is 11.4 Å². The van der Waals surface area contributed by atoms with Crippen LogP contribution in [0, 0.1) is 0 Å². The second-order valence-electron chi connectivity index (χ2n) is 6.57. The molecule has 0 saturated carbocycles. The lowest BCUT2D eigenvalue weighted by molar-refractivity contribution is -0.431. The van der Waals surface area contributed by atoms with Crippen LogP contribution in [-0.4, -0.2) is 22.1 Å². The van der Waals surface area contributed by atoms with Crippen LogP contribution in [0.3, 0.4) is 0 Å². The van der Waals surface area contributed by atoms with E-state index < -0.39 is 0 Å². The van der Waals surface area contributed by atoms with Crippen LogP contribution in [0.25, 0.3) is 20.3 Å². The number of benzene rings is 2. The molecule has 0 amide bonds. The first-order chi connectivity index (χ1) is 12.8. The molecule has 126 valence electrons. The van der Waals surface area contributed by atoms with E-state index in [-0.39, 0.29) is 0 Å². The molecule has 0 atom stereocenters. The lowest BCUT2D eigenvalue weighted by Gasteiger charge is -1.96. The number of hydrogen-bond donors (Lipinski definition) is 0. The number of thiophene rings is 1. The van der Waals surface area contributed by atoms with Crippen molar-refractivity contribution in [2.24, 2.45) is 0 Å². The highest BCUT2D eigenvalue weighted by molar-refractivity contribution is 7.25. The first-order valence-corrected chi connectivity index (χ1v) is 9.87. The minimum absolute atomic E-state index is 0.999. The summed E-state index contributed by atoms with van der Waals surface area (Å²) in [7, 11) is 0. The maximum Gasteiger partial charge on any atom is 0.496 e. The summed E-state index contributed by atoms with van der Waals surface area (Å²) in [5.74, 6) is 0. The number of nitrogens with zero attached hydrogens (tertiary/aromatic N) is 3. The zero-order valence-electron chi connectivity index (χ0n) is 14.6. The molecule has 2 aromatic heterocycles. The third kappa shape index (κ3) is 2.38. The lowest BCUT2D eigenvalue weighted by Crippen LogP contribution is -2.04. The molecule has 4 aromatic rings. The second-order valence-corrected chi connectivity index (χ2v) is 7.60. The monoisotopic (exact) mass is 357 g/mol. The Morgan fingerprint density at radius 1 is 1.00 bits per heavy atom. The quantitative estimate of drug-likeness (QED) is 0.415. The fourth-order valence-electron chi connectivity index (χ4n) is 3.53. The summed E-state index contributed by atoms with van der Waals surface area (Å²) in [5.41, 5.74) is 3.58. The topological polar surface area (TPSA) is 18.9 Å². The lowest BCUT2D eigenvalue weighted by atomic mass is 10.1. The van der Waals surface area contributed by atoms with Crippen molar-refractivity contribution in [3.8, 4) is 0 Å². The van der Waals surface area contributed by atoms with Crippen molar-refractivity contribution in [3.63, 3.8) is 0 Å². The van der Waals surface area contributed by atoms with E-state index in [0.29, 0.717) is 0 Å². The molecule has 0 bridgehead atoms. The van der Waals surface area contributed by atoms with Crippen LogP contribution in [0.5, 0.6) is 0 Å². The van der Waals surface area contributed by atoms with E-state index in [0.717, 1.165) is 23.5 Å². The maximum atomic E-state index is 4.51. The largest absolute Gasteiger partial charge is 0.496 e. The van der Waals surface area contributed by atoms with Crippen LogP contribution in [0.2, 0.25) is 0 Å². The molecule has 3 nitrogen and oxygen atoms in total. The van der Waals surface area contributed by atoms with E-state index in [9.17, 15) is 0 Å². The molecule has 2 aromatic carbocycles. The maximum absolute atomic E-state index is 4.51. The van der Waals surface area contributed by atoms with Crippen molar-refractivity contribution in [2.75, 3.05) is 6.54 Å². The molecule has 5 rings (SSSR count). The van der Waals surface area contributed by atoms with Gasteiger partial charge in [0.05, 0.1) is 0 Å². The molecule has 0 aliphatic carbocycles. The summed E-state index contributed by atoms with van der Waals surface area (Å²) in [6, 6.07) is 22.9. The first kappa shape index (κ1) is 15.4. The van der Waals surface area contributed by atoms with Gasteiger partial charge in [-0.05, 0) is 22.8 Å². The van der Waals surface area contributed by atoms with Crippen LogP contribution >= 0.6 is 11.3 Å². The molecule has 1 aliphatic heterocycles. The molecule has 0 saturated heterocycles. The van der Waals surface area contributed by atoms with Crippen molar-refractivity contribution >= 4 is 54.7 Å². The molecule has 0 radical (unpaired) electrons. The average molecular weight is 357 g/mol. The Morgan fingerprint density at radius 2 is 1.88 bits per heavy atom. The second kappa shape index (κ2) is 6.17. The number of para-hydroxylation sites is 2. The Kier molecular flexibility index (Phi) is 3.66. The zero-order valence-corrected chi connectivity index (χ0v) is 15.5. The molecule has 0 fully saturated rings. The minimum Gasteiger partial charge on any atom is -0.245 e. The summed E-state index contributed by atoms with van der Waals surface area (Å²) in [5, 5.41) is 2.51. The Labute approximate surface area is 156 Å². The van der Waals surface area contributed by atoms with Crippen LogP contribution in [0.15, 0.2) is 60.8 Å². The Hall–Kier alpha value is -2.81. The van der Waals surface area contributed by atoms with E-state index in [1.54, 1.807) is 11.3 Å². The number of hydrogen-bond acceptors (Lipinski definition) is 2. The van der Waals surface area contributed by atoms with Gasteiger partial charge < -0.3 is 0 Å². The SMILES string of the molecule is CCCC[N+]1=C=[N+](c2ccc3c(c2)sc2ncccc23)c2ccccc21. The molecular formula is C22H19N3S+2. The van der Waals surface area contributed by atoms with Crippen molar-refractivity contribution in [2.45, 2.75) is 19.8 Å². The summed E-state index contributed by atoms with van der Waals surface area (Å²) in [6.07, 6.45) is 4.21. The number of aromatic nitrogens is 1. The van der Waals surface area contributed by atoms with E-state index in [4.69, 9.17) is 0 Å². The van der Waals surface area contributed by atoms with Crippen molar-refractivity contribution in [3.05, 3.63) is 60.8 Å². The fourth-order valence-corrected chi connectivity index (χ4v) is 4.61. The van der Waals surface area contributed by atoms with Crippen molar-refractivity contribution in [1.82, 2.24) is 9.56 Å². The number of rotatable bonds is 4. The molecule has 0 spiro atoms. The zero-order chi connectivity index (χ0) is 17.5. The van der Waals surface area contributed by atoms with Gasteiger partial charge in [0.15, 0.2) is 6.54 Å². The molecule has 26 heavy (non-hydrogen) atoms.